The zero-order valence-electron chi connectivity index (χ0n) is 11.3. The van der Waals surface area contributed by atoms with E-state index < -0.39 is 0 Å². The van der Waals surface area contributed by atoms with Gasteiger partial charge < -0.3 is 5.32 Å². The van der Waals surface area contributed by atoms with Gasteiger partial charge in [-0.1, -0.05) is 35.9 Å². The van der Waals surface area contributed by atoms with Gasteiger partial charge in [0.15, 0.2) is 0 Å². The molecule has 0 saturated heterocycles. The minimum absolute atomic E-state index is 0.0556. The molecule has 0 aliphatic rings. The maximum atomic E-state index is 12.1. The number of halogens is 2. The van der Waals surface area contributed by atoms with Crippen LogP contribution >= 0.6 is 27.5 Å². The van der Waals surface area contributed by atoms with Crippen molar-refractivity contribution in [3.05, 3.63) is 62.6 Å². The molecule has 0 radical (unpaired) electrons. The lowest BCUT2D eigenvalue weighted by atomic mass is 10.1. The highest BCUT2D eigenvalue weighted by atomic mass is 79.9. The number of carbonyl (C=O) groups is 1. The van der Waals surface area contributed by atoms with Gasteiger partial charge in [0.1, 0.15) is 0 Å². The molecular formula is C16H15BrClNO. The summed E-state index contributed by atoms with van der Waals surface area (Å²) in [5.41, 5.74) is 3.80. The van der Waals surface area contributed by atoms with E-state index in [-0.39, 0.29) is 5.91 Å². The molecule has 104 valence electrons. The van der Waals surface area contributed by atoms with Crippen LogP contribution in [0.25, 0.3) is 0 Å². The number of benzene rings is 2. The van der Waals surface area contributed by atoms with Crippen molar-refractivity contribution in [3.8, 4) is 0 Å². The van der Waals surface area contributed by atoms with Gasteiger partial charge in [-0.2, -0.15) is 0 Å². The highest BCUT2D eigenvalue weighted by molar-refractivity contribution is 9.10. The van der Waals surface area contributed by atoms with E-state index in [9.17, 15) is 4.79 Å². The number of anilines is 1. The van der Waals surface area contributed by atoms with E-state index in [1.54, 1.807) is 6.07 Å². The summed E-state index contributed by atoms with van der Waals surface area (Å²) in [5.74, 6) is -0.0556. The molecular weight excluding hydrogens is 338 g/mol. The van der Waals surface area contributed by atoms with E-state index in [2.05, 4.69) is 21.2 Å². The van der Waals surface area contributed by atoms with Crippen LogP contribution in [0.1, 0.15) is 16.7 Å². The number of nitrogens with one attached hydrogen (secondary N) is 1. The van der Waals surface area contributed by atoms with Gasteiger partial charge in [0.25, 0.3) is 0 Å². The van der Waals surface area contributed by atoms with Gasteiger partial charge in [-0.3, -0.25) is 4.79 Å². The Hall–Kier alpha value is -1.32. The minimum atomic E-state index is -0.0556. The predicted molar refractivity (Wildman–Crippen MR) is 87.4 cm³/mol. The molecule has 2 aromatic carbocycles. The van der Waals surface area contributed by atoms with Crippen molar-refractivity contribution in [2.75, 3.05) is 5.32 Å². The summed E-state index contributed by atoms with van der Waals surface area (Å²) in [6, 6.07) is 11.5. The van der Waals surface area contributed by atoms with Crippen LogP contribution in [0.4, 0.5) is 5.69 Å². The molecule has 4 heteroatoms. The van der Waals surface area contributed by atoms with Gasteiger partial charge in [-0.15, -0.1) is 0 Å². The smallest absolute Gasteiger partial charge is 0.228 e. The molecule has 0 aromatic heterocycles. The molecule has 20 heavy (non-hydrogen) atoms. The largest absolute Gasteiger partial charge is 0.325 e. The summed E-state index contributed by atoms with van der Waals surface area (Å²) in [6.45, 7) is 3.92. The number of amides is 1. The molecule has 1 N–H and O–H groups in total. The number of hydrogen-bond acceptors (Lipinski definition) is 1. The number of rotatable bonds is 3. The first-order chi connectivity index (χ1) is 9.47. The van der Waals surface area contributed by atoms with E-state index in [1.807, 2.05) is 44.2 Å². The van der Waals surface area contributed by atoms with Gasteiger partial charge in [0, 0.05) is 9.50 Å². The highest BCUT2D eigenvalue weighted by Gasteiger charge is 2.10. The molecule has 0 atom stereocenters. The van der Waals surface area contributed by atoms with Gasteiger partial charge in [0.2, 0.25) is 5.91 Å². The molecule has 0 bridgehead atoms. The molecule has 0 aliphatic heterocycles. The maximum Gasteiger partial charge on any atom is 0.228 e. The first kappa shape index (κ1) is 15.1. The fourth-order valence-corrected chi connectivity index (χ4v) is 2.64. The van der Waals surface area contributed by atoms with Crippen LogP contribution in [-0.2, 0) is 11.2 Å². The minimum Gasteiger partial charge on any atom is -0.325 e. The van der Waals surface area contributed by atoms with Crippen LogP contribution in [0.3, 0.4) is 0 Å². The Morgan fingerprint density at radius 2 is 1.90 bits per heavy atom. The Bertz CT molecular complexity index is 655. The Kier molecular flexibility index (Phi) is 4.84. The fourth-order valence-electron chi connectivity index (χ4n) is 1.92. The summed E-state index contributed by atoms with van der Waals surface area (Å²) >= 11 is 9.52. The van der Waals surface area contributed by atoms with E-state index in [0.29, 0.717) is 17.1 Å². The predicted octanol–water partition coefficient (Wildman–Crippen LogP) is 4.90. The van der Waals surface area contributed by atoms with E-state index >= 15 is 0 Å². The molecule has 2 nitrogen and oxygen atoms in total. The second-order valence-electron chi connectivity index (χ2n) is 4.73. The summed E-state index contributed by atoms with van der Waals surface area (Å²) in [6.07, 6.45) is 0.352. The first-order valence-electron chi connectivity index (χ1n) is 6.27. The Balaban J connectivity index is 2.13. The molecule has 2 aromatic rings. The molecule has 0 spiro atoms. The van der Waals surface area contributed by atoms with Gasteiger partial charge in [0.05, 0.1) is 12.1 Å². The van der Waals surface area contributed by atoms with Crippen molar-refractivity contribution in [1.29, 1.82) is 0 Å². The summed E-state index contributed by atoms with van der Waals surface area (Å²) in [4.78, 5) is 12.1. The van der Waals surface area contributed by atoms with E-state index in [1.165, 1.54) is 0 Å². The molecule has 0 aliphatic carbocycles. The van der Waals surface area contributed by atoms with Crippen LogP contribution in [0.15, 0.2) is 40.9 Å². The molecule has 0 unspecified atom stereocenters. The van der Waals surface area contributed by atoms with Crippen molar-refractivity contribution >= 4 is 39.1 Å². The number of carbonyl (C=O) groups excluding carboxylic acids is 1. The van der Waals surface area contributed by atoms with Crippen LogP contribution in [0.2, 0.25) is 5.02 Å². The van der Waals surface area contributed by atoms with Gasteiger partial charge in [-0.05, 0) is 58.6 Å². The standard InChI is InChI=1S/C16H15BrClNO/c1-10-5-3-4-6-12(10)8-16(20)19-15-9-14(18)11(2)7-13(15)17/h3-7,9H,8H2,1-2H3,(H,19,20). The summed E-state index contributed by atoms with van der Waals surface area (Å²) in [7, 11) is 0. The zero-order chi connectivity index (χ0) is 14.7. The topological polar surface area (TPSA) is 29.1 Å². The van der Waals surface area contributed by atoms with E-state index in [0.717, 1.165) is 21.2 Å². The quantitative estimate of drug-likeness (QED) is 0.836. The average molecular weight is 353 g/mol. The van der Waals surface area contributed by atoms with Crippen molar-refractivity contribution in [2.24, 2.45) is 0 Å². The third kappa shape index (κ3) is 3.62. The monoisotopic (exact) mass is 351 g/mol. The second-order valence-corrected chi connectivity index (χ2v) is 5.99. The average Bonchev–Trinajstić information content (AvgIpc) is 2.39. The molecule has 0 fully saturated rings. The lowest BCUT2D eigenvalue weighted by molar-refractivity contribution is -0.115. The molecule has 1 amide bonds. The Morgan fingerprint density at radius 1 is 1.20 bits per heavy atom. The lowest BCUT2D eigenvalue weighted by Crippen LogP contribution is -2.15. The van der Waals surface area contributed by atoms with Crippen molar-refractivity contribution in [2.45, 2.75) is 20.3 Å². The third-order valence-corrected chi connectivity index (χ3v) is 4.20. The van der Waals surface area contributed by atoms with Gasteiger partial charge in [-0.25, -0.2) is 0 Å². The molecule has 0 saturated carbocycles. The lowest BCUT2D eigenvalue weighted by Gasteiger charge is -2.10. The van der Waals surface area contributed by atoms with Gasteiger partial charge >= 0.3 is 0 Å². The first-order valence-corrected chi connectivity index (χ1v) is 7.44. The normalized spacial score (nSPS) is 10.4. The second kappa shape index (κ2) is 6.42. The van der Waals surface area contributed by atoms with Crippen LogP contribution < -0.4 is 5.32 Å². The molecule has 0 heterocycles. The maximum absolute atomic E-state index is 12.1. The van der Waals surface area contributed by atoms with E-state index in [4.69, 9.17) is 11.6 Å². The summed E-state index contributed by atoms with van der Waals surface area (Å²) < 4.78 is 0.831. The third-order valence-electron chi connectivity index (χ3n) is 3.13. The highest BCUT2D eigenvalue weighted by Crippen LogP contribution is 2.29. The number of aryl methyl sites for hydroxylation is 2. The van der Waals surface area contributed by atoms with Crippen molar-refractivity contribution < 1.29 is 4.79 Å². The van der Waals surface area contributed by atoms with Crippen molar-refractivity contribution in [1.82, 2.24) is 0 Å². The van der Waals surface area contributed by atoms with Crippen LogP contribution in [-0.4, -0.2) is 5.91 Å². The fraction of sp³-hybridized carbons (Fsp3) is 0.188. The van der Waals surface area contributed by atoms with Crippen LogP contribution in [0.5, 0.6) is 0 Å². The number of hydrogen-bond donors (Lipinski definition) is 1. The van der Waals surface area contributed by atoms with Crippen LogP contribution in [0, 0.1) is 13.8 Å². The Morgan fingerprint density at radius 3 is 2.60 bits per heavy atom. The van der Waals surface area contributed by atoms with Crippen molar-refractivity contribution in [3.63, 3.8) is 0 Å². The summed E-state index contributed by atoms with van der Waals surface area (Å²) in [5, 5.41) is 3.52. The SMILES string of the molecule is Cc1cc(Br)c(NC(=O)Cc2ccccc2C)cc1Cl. The Labute approximate surface area is 132 Å². The zero-order valence-corrected chi connectivity index (χ0v) is 13.7. The molecule has 2 rings (SSSR count).